The highest BCUT2D eigenvalue weighted by molar-refractivity contribution is 5.72. The Bertz CT molecular complexity index is 466. The summed E-state index contributed by atoms with van der Waals surface area (Å²) in [6.45, 7) is 5.58. The van der Waals surface area contributed by atoms with Crippen molar-refractivity contribution in [2.75, 3.05) is 7.11 Å². The van der Waals surface area contributed by atoms with Crippen molar-refractivity contribution in [2.45, 2.75) is 32.9 Å². The number of rotatable bonds is 4. The third kappa shape index (κ3) is 5.37. The number of aldehydes is 1. The van der Waals surface area contributed by atoms with Crippen LogP contribution in [0.3, 0.4) is 0 Å². The van der Waals surface area contributed by atoms with Crippen LogP contribution >= 0.6 is 0 Å². The van der Waals surface area contributed by atoms with Gasteiger partial charge in [-0.05, 0) is 32.4 Å². The van der Waals surface area contributed by atoms with Crippen LogP contribution in [0, 0.1) is 0 Å². The van der Waals surface area contributed by atoms with Gasteiger partial charge in [-0.2, -0.15) is 0 Å². The number of pyridine rings is 1. The van der Waals surface area contributed by atoms with Crippen LogP contribution in [0.25, 0.3) is 0 Å². The number of hydrogen-bond acceptors (Lipinski definition) is 5. The molecule has 1 N–H and O–H groups in total. The van der Waals surface area contributed by atoms with E-state index in [-0.39, 0.29) is 12.2 Å². The van der Waals surface area contributed by atoms with Gasteiger partial charge < -0.3 is 14.8 Å². The molecule has 6 heteroatoms. The lowest BCUT2D eigenvalue weighted by molar-refractivity contribution is 0.0523. The smallest absolute Gasteiger partial charge is 0.407 e. The number of carbonyl (C=O) groups is 2. The lowest BCUT2D eigenvalue weighted by Crippen LogP contribution is -2.32. The molecule has 0 saturated heterocycles. The van der Waals surface area contributed by atoms with E-state index >= 15 is 0 Å². The summed E-state index contributed by atoms with van der Waals surface area (Å²) in [6.07, 6.45) is 0.107. The van der Waals surface area contributed by atoms with E-state index in [1.54, 1.807) is 32.9 Å². The molecule has 0 fully saturated rings. The summed E-state index contributed by atoms with van der Waals surface area (Å²) in [5.74, 6) is 0.325. The molecule has 1 amide bonds. The first-order chi connectivity index (χ1) is 8.84. The van der Waals surface area contributed by atoms with E-state index in [4.69, 9.17) is 9.47 Å². The van der Waals surface area contributed by atoms with Gasteiger partial charge in [0, 0.05) is 12.6 Å². The number of ether oxygens (including phenoxy) is 2. The van der Waals surface area contributed by atoms with E-state index in [0.29, 0.717) is 17.7 Å². The van der Waals surface area contributed by atoms with Crippen molar-refractivity contribution in [3.63, 3.8) is 0 Å². The molecule has 0 aromatic carbocycles. The molecular weight excluding hydrogens is 248 g/mol. The van der Waals surface area contributed by atoms with E-state index < -0.39 is 11.7 Å². The molecule has 19 heavy (non-hydrogen) atoms. The largest absolute Gasteiger partial charge is 0.481 e. The average molecular weight is 266 g/mol. The minimum Gasteiger partial charge on any atom is -0.481 e. The second-order valence-corrected chi connectivity index (χ2v) is 4.92. The maximum absolute atomic E-state index is 11.5. The van der Waals surface area contributed by atoms with Gasteiger partial charge in [-0.3, -0.25) is 4.79 Å². The van der Waals surface area contributed by atoms with Crippen LogP contribution in [-0.2, 0) is 11.3 Å². The molecule has 0 aliphatic rings. The van der Waals surface area contributed by atoms with Crippen molar-refractivity contribution in [3.05, 3.63) is 23.4 Å². The monoisotopic (exact) mass is 266 g/mol. The van der Waals surface area contributed by atoms with Crippen molar-refractivity contribution in [3.8, 4) is 5.88 Å². The zero-order valence-electron chi connectivity index (χ0n) is 11.5. The summed E-state index contributed by atoms with van der Waals surface area (Å²) in [5.41, 5.74) is 0.411. The normalized spacial score (nSPS) is 10.7. The number of alkyl carbamates (subject to hydrolysis) is 1. The third-order valence-electron chi connectivity index (χ3n) is 2.05. The lowest BCUT2D eigenvalue weighted by atomic mass is 10.2. The molecule has 1 heterocycles. The highest BCUT2D eigenvalue weighted by atomic mass is 16.6. The van der Waals surface area contributed by atoms with E-state index in [2.05, 4.69) is 10.3 Å². The topological polar surface area (TPSA) is 77.5 Å². The molecule has 0 aliphatic carbocycles. The fourth-order valence-corrected chi connectivity index (χ4v) is 1.34. The molecule has 0 spiro atoms. The predicted octanol–water partition coefficient (Wildman–Crippen LogP) is 1.93. The molecule has 0 atom stereocenters. The molecule has 1 aromatic rings. The van der Waals surface area contributed by atoms with Crippen LogP contribution in [0.1, 0.15) is 36.8 Å². The van der Waals surface area contributed by atoms with Crippen LogP contribution in [0.15, 0.2) is 12.1 Å². The first kappa shape index (κ1) is 14.9. The number of aromatic nitrogens is 1. The Labute approximate surface area is 112 Å². The van der Waals surface area contributed by atoms with E-state index in [1.807, 2.05) is 0 Å². The molecule has 6 nitrogen and oxygen atoms in total. The molecule has 0 unspecified atom stereocenters. The summed E-state index contributed by atoms with van der Waals surface area (Å²) in [7, 11) is 1.46. The second kappa shape index (κ2) is 6.17. The summed E-state index contributed by atoms with van der Waals surface area (Å²) in [4.78, 5) is 26.1. The van der Waals surface area contributed by atoms with Gasteiger partial charge in [0.05, 0.1) is 7.11 Å². The molecule has 104 valence electrons. The number of nitrogens with zero attached hydrogens (tertiary/aromatic N) is 1. The van der Waals surface area contributed by atoms with E-state index in [0.717, 1.165) is 0 Å². The summed E-state index contributed by atoms with van der Waals surface area (Å²) in [6, 6.07) is 3.22. The van der Waals surface area contributed by atoms with Crippen molar-refractivity contribution in [1.82, 2.24) is 10.3 Å². The standard InChI is InChI=1S/C13H18N2O4/c1-13(2,3)19-12(17)14-7-9-5-10(8-16)15-11(6-9)18-4/h5-6,8H,7H2,1-4H3,(H,14,17). The number of amides is 1. The van der Waals surface area contributed by atoms with Crippen LogP contribution in [0.5, 0.6) is 5.88 Å². The molecule has 0 bridgehead atoms. The third-order valence-corrected chi connectivity index (χ3v) is 2.05. The van der Waals surface area contributed by atoms with Gasteiger partial charge in [0.15, 0.2) is 6.29 Å². The van der Waals surface area contributed by atoms with Crippen molar-refractivity contribution in [1.29, 1.82) is 0 Å². The molecule has 0 aliphatic heterocycles. The minimum atomic E-state index is -0.548. The zero-order valence-corrected chi connectivity index (χ0v) is 11.5. The number of hydrogen-bond donors (Lipinski definition) is 1. The van der Waals surface area contributed by atoms with Crippen LogP contribution in [-0.4, -0.2) is 30.1 Å². The number of carbonyl (C=O) groups excluding carboxylic acids is 2. The van der Waals surface area contributed by atoms with Crippen molar-refractivity contribution in [2.24, 2.45) is 0 Å². The van der Waals surface area contributed by atoms with Gasteiger partial charge in [-0.15, -0.1) is 0 Å². The first-order valence-electron chi connectivity index (χ1n) is 5.81. The van der Waals surface area contributed by atoms with Crippen LogP contribution in [0.2, 0.25) is 0 Å². The van der Waals surface area contributed by atoms with Gasteiger partial charge >= 0.3 is 6.09 Å². The number of methoxy groups -OCH3 is 1. The molecule has 0 saturated carbocycles. The summed E-state index contributed by atoms with van der Waals surface area (Å²) in [5, 5.41) is 2.60. The Morgan fingerprint density at radius 2 is 2.11 bits per heavy atom. The Morgan fingerprint density at radius 1 is 1.42 bits per heavy atom. The Morgan fingerprint density at radius 3 is 2.63 bits per heavy atom. The minimum absolute atomic E-state index is 0.231. The maximum atomic E-state index is 11.5. The van der Waals surface area contributed by atoms with Crippen molar-refractivity contribution >= 4 is 12.4 Å². The highest BCUT2D eigenvalue weighted by Gasteiger charge is 2.15. The fourth-order valence-electron chi connectivity index (χ4n) is 1.34. The maximum Gasteiger partial charge on any atom is 0.407 e. The van der Waals surface area contributed by atoms with E-state index in [9.17, 15) is 9.59 Å². The predicted molar refractivity (Wildman–Crippen MR) is 69.3 cm³/mol. The fraction of sp³-hybridized carbons (Fsp3) is 0.462. The zero-order chi connectivity index (χ0) is 14.5. The van der Waals surface area contributed by atoms with Gasteiger partial charge in [-0.25, -0.2) is 9.78 Å². The quantitative estimate of drug-likeness (QED) is 0.842. The first-order valence-corrected chi connectivity index (χ1v) is 5.81. The van der Waals surface area contributed by atoms with Crippen LogP contribution in [0.4, 0.5) is 4.79 Å². The Hall–Kier alpha value is -2.11. The molecule has 1 rings (SSSR count). The Balaban J connectivity index is 2.67. The SMILES string of the molecule is COc1cc(CNC(=O)OC(C)(C)C)cc(C=O)n1. The second-order valence-electron chi connectivity index (χ2n) is 4.92. The molecular formula is C13H18N2O4. The summed E-state index contributed by atoms with van der Waals surface area (Å²) < 4.78 is 10.1. The molecule has 0 radical (unpaired) electrons. The van der Waals surface area contributed by atoms with Gasteiger partial charge in [0.1, 0.15) is 11.3 Å². The summed E-state index contributed by atoms with van der Waals surface area (Å²) >= 11 is 0. The van der Waals surface area contributed by atoms with Gasteiger partial charge in [-0.1, -0.05) is 0 Å². The highest BCUT2D eigenvalue weighted by Crippen LogP contribution is 2.12. The van der Waals surface area contributed by atoms with Gasteiger partial charge in [0.25, 0.3) is 0 Å². The lowest BCUT2D eigenvalue weighted by Gasteiger charge is -2.19. The number of nitrogens with one attached hydrogen (secondary N) is 1. The molecule has 1 aromatic heterocycles. The van der Waals surface area contributed by atoms with Crippen molar-refractivity contribution < 1.29 is 19.1 Å². The van der Waals surface area contributed by atoms with Crippen LogP contribution < -0.4 is 10.1 Å². The average Bonchev–Trinajstić information content (AvgIpc) is 2.33. The van der Waals surface area contributed by atoms with Gasteiger partial charge in [0.2, 0.25) is 5.88 Å². The van der Waals surface area contributed by atoms with E-state index in [1.165, 1.54) is 7.11 Å². The Kier molecular flexibility index (Phi) is 4.86.